The molecule has 0 fully saturated rings. The molecule has 3 rings (SSSR count). The van der Waals surface area contributed by atoms with E-state index >= 15 is 0 Å². The molecule has 4 heteroatoms. The van der Waals surface area contributed by atoms with Crippen LogP contribution in [0.4, 0.5) is 5.69 Å². The standard InChI is InChI=1S/C24H27NO3/c1-5-28-24(27)23-21(18-8-6-16(2)7-9-18)14-19(15-22(23)26)17-10-12-20(13-11-17)25(3)4/h6-13,15,21,23H,5,14H2,1-4H3/t21-,23+/m0/s1. The monoisotopic (exact) mass is 377 g/mol. The van der Waals surface area contributed by atoms with Crippen LogP contribution in [0.2, 0.25) is 0 Å². The van der Waals surface area contributed by atoms with Crippen molar-refractivity contribution in [3.8, 4) is 0 Å². The average molecular weight is 377 g/mol. The lowest BCUT2D eigenvalue weighted by atomic mass is 9.73. The second kappa shape index (κ2) is 8.42. The van der Waals surface area contributed by atoms with Crippen LogP contribution in [0.1, 0.15) is 36.0 Å². The molecule has 1 aliphatic rings. The minimum atomic E-state index is -0.785. The van der Waals surface area contributed by atoms with E-state index in [0.29, 0.717) is 6.42 Å². The molecule has 0 aliphatic heterocycles. The van der Waals surface area contributed by atoms with Crippen molar-refractivity contribution in [2.24, 2.45) is 5.92 Å². The Morgan fingerprint density at radius 3 is 2.29 bits per heavy atom. The fourth-order valence-corrected chi connectivity index (χ4v) is 3.68. The first kappa shape index (κ1) is 19.9. The van der Waals surface area contributed by atoms with Gasteiger partial charge in [-0.3, -0.25) is 9.59 Å². The van der Waals surface area contributed by atoms with Crippen LogP contribution < -0.4 is 4.90 Å². The molecule has 0 amide bonds. The first-order chi connectivity index (χ1) is 13.4. The zero-order chi connectivity index (χ0) is 20.3. The zero-order valence-corrected chi connectivity index (χ0v) is 16.9. The van der Waals surface area contributed by atoms with Crippen LogP contribution in [-0.4, -0.2) is 32.5 Å². The number of hydrogen-bond acceptors (Lipinski definition) is 4. The Morgan fingerprint density at radius 1 is 1.07 bits per heavy atom. The maximum Gasteiger partial charge on any atom is 0.317 e. The van der Waals surface area contributed by atoms with Crippen LogP contribution in [0.3, 0.4) is 0 Å². The van der Waals surface area contributed by atoms with Gasteiger partial charge in [0.15, 0.2) is 5.78 Å². The highest BCUT2D eigenvalue weighted by molar-refractivity contribution is 6.10. The minimum Gasteiger partial charge on any atom is -0.465 e. The number of carbonyl (C=O) groups excluding carboxylic acids is 2. The van der Waals surface area contributed by atoms with Crippen molar-refractivity contribution >= 4 is 23.0 Å². The van der Waals surface area contributed by atoms with Crippen molar-refractivity contribution in [1.29, 1.82) is 0 Å². The van der Waals surface area contributed by atoms with Gasteiger partial charge in [-0.15, -0.1) is 0 Å². The minimum absolute atomic E-state index is 0.179. The summed E-state index contributed by atoms with van der Waals surface area (Å²) >= 11 is 0. The number of nitrogens with zero attached hydrogens (tertiary/aromatic N) is 1. The van der Waals surface area contributed by atoms with E-state index in [1.165, 1.54) is 0 Å². The number of benzene rings is 2. The Kier molecular flexibility index (Phi) is 5.98. The van der Waals surface area contributed by atoms with E-state index in [4.69, 9.17) is 4.74 Å². The van der Waals surface area contributed by atoms with Crippen LogP contribution in [0, 0.1) is 12.8 Å². The maximum atomic E-state index is 12.9. The average Bonchev–Trinajstić information content (AvgIpc) is 2.68. The molecule has 4 nitrogen and oxygen atoms in total. The van der Waals surface area contributed by atoms with Crippen LogP contribution in [0.15, 0.2) is 54.6 Å². The third kappa shape index (κ3) is 4.16. The molecule has 0 aromatic heterocycles. The van der Waals surface area contributed by atoms with Crippen LogP contribution >= 0.6 is 0 Å². The van der Waals surface area contributed by atoms with E-state index in [1.54, 1.807) is 13.0 Å². The summed E-state index contributed by atoms with van der Waals surface area (Å²) in [6.45, 7) is 4.06. The summed E-state index contributed by atoms with van der Waals surface area (Å²) in [4.78, 5) is 27.5. The third-order valence-corrected chi connectivity index (χ3v) is 5.27. The van der Waals surface area contributed by atoms with Crippen molar-refractivity contribution in [3.05, 3.63) is 71.3 Å². The molecule has 0 heterocycles. The van der Waals surface area contributed by atoms with Crippen molar-refractivity contribution in [1.82, 2.24) is 0 Å². The third-order valence-electron chi connectivity index (χ3n) is 5.27. The second-order valence-corrected chi connectivity index (χ2v) is 7.46. The van der Waals surface area contributed by atoms with Gasteiger partial charge in [0, 0.05) is 25.7 Å². The van der Waals surface area contributed by atoms with Crippen molar-refractivity contribution < 1.29 is 14.3 Å². The lowest BCUT2D eigenvalue weighted by Gasteiger charge is -2.29. The zero-order valence-electron chi connectivity index (χ0n) is 16.9. The van der Waals surface area contributed by atoms with Gasteiger partial charge in [-0.05, 0) is 55.2 Å². The molecule has 0 N–H and O–H groups in total. The summed E-state index contributed by atoms with van der Waals surface area (Å²) < 4.78 is 5.22. The number of aryl methyl sites for hydroxylation is 1. The molecular formula is C24H27NO3. The van der Waals surface area contributed by atoms with Crippen molar-refractivity contribution in [2.75, 3.05) is 25.6 Å². The summed E-state index contributed by atoms with van der Waals surface area (Å²) in [6.07, 6.45) is 2.25. The van der Waals surface area contributed by atoms with Crippen molar-refractivity contribution in [3.63, 3.8) is 0 Å². The Balaban J connectivity index is 1.98. The van der Waals surface area contributed by atoms with Gasteiger partial charge in [0.2, 0.25) is 0 Å². The van der Waals surface area contributed by atoms with Crippen LogP contribution in [-0.2, 0) is 14.3 Å². The number of anilines is 1. The number of allylic oxidation sites excluding steroid dienone is 2. The van der Waals surface area contributed by atoms with Crippen molar-refractivity contribution in [2.45, 2.75) is 26.2 Å². The molecule has 0 spiro atoms. The fraction of sp³-hybridized carbons (Fsp3) is 0.333. The topological polar surface area (TPSA) is 46.6 Å². The predicted octanol–water partition coefficient (Wildman–Crippen LogP) is 4.38. The number of esters is 1. The van der Waals surface area contributed by atoms with Gasteiger partial charge < -0.3 is 9.64 Å². The highest BCUT2D eigenvalue weighted by atomic mass is 16.5. The SMILES string of the molecule is CCOC(=O)[C@H]1C(=O)C=C(c2ccc(N(C)C)cc2)C[C@H]1c1ccc(C)cc1. The van der Waals surface area contributed by atoms with Crippen LogP contribution in [0.25, 0.3) is 5.57 Å². The van der Waals surface area contributed by atoms with Gasteiger partial charge in [-0.1, -0.05) is 42.0 Å². The number of ether oxygens (including phenoxy) is 1. The summed E-state index contributed by atoms with van der Waals surface area (Å²) in [7, 11) is 3.99. The van der Waals surface area contributed by atoms with E-state index in [9.17, 15) is 9.59 Å². The summed E-state index contributed by atoms with van der Waals surface area (Å²) in [6, 6.07) is 16.2. The van der Waals surface area contributed by atoms with E-state index in [0.717, 1.165) is 28.0 Å². The molecule has 2 aromatic carbocycles. The normalized spacial score (nSPS) is 19.1. The largest absolute Gasteiger partial charge is 0.465 e. The predicted molar refractivity (Wildman–Crippen MR) is 112 cm³/mol. The molecule has 2 atom stereocenters. The molecule has 0 radical (unpaired) electrons. The molecule has 2 aromatic rings. The molecule has 28 heavy (non-hydrogen) atoms. The number of ketones is 1. The van der Waals surface area contributed by atoms with E-state index in [-0.39, 0.29) is 18.3 Å². The lowest BCUT2D eigenvalue weighted by molar-refractivity contribution is -0.151. The summed E-state index contributed by atoms with van der Waals surface area (Å²) in [5, 5.41) is 0. The second-order valence-electron chi connectivity index (χ2n) is 7.46. The Hall–Kier alpha value is -2.88. The fourth-order valence-electron chi connectivity index (χ4n) is 3.68. The van der Waals surface area contributed by atoms with E-state index in [1.807, 2.05) is 74.4 Å². The smallest absolute Gasteiger partial charge is 0.317 e. The maximum absolute atomic E-state index is 12.9. The molecule has 0 saturated heterocycles. The quantitative estimate of drug-likeness (QED) is 0.573. The van der Waals surface area contributed by atoms with Gasteiger partial charge in [0.25, 0.3) is 0 Å². The van der Waals surface area contributed by atoms with Gasteiger partial charge in [-0.2, -0.15) is 0 Å². The summed E-state index contributed by atoms with van der Waals surface area (Å²) in [5.41, 5.74) is 5.21. The van der Waals surface area contributed by atoms with Gasteiger partial charge in [0.1, 0.15) is 5.92 Å². The van der Waals surface area contributed by atoms with E-state index < -0.39 is 11.9 Å². The Labute approximate surface area is 166 Å². The Morgan fingerprint density at radius 2 is 1.71 bits per heavy atom. The first-order valence-corrected chi connectivity index (χ1v) is 9.66. The number of carbonyl (C=O) groups is 2. The van der Waals surface area contributed by atoms with Gasteiger partial charge >= 0.3 is 5.97 Å². The van der Waals surface area contributed by atoms with Gasteiger partial charge in [0.05, 0.1) is 6.61 Å². The molecule has 0 saturated carbocycles. The number of rotatable bonds is 5. The van der Waals surface area contributed by atoms with E-state index in [2.05, 4.69) is 0 Å². The molecule has 1 aliphatic carbocycles. The highest BCUT2D eigenvalue weighted by Gasteiger charge is 2.39. The number of hydrogen-bond donors (Lipinski definition) is 0. The lowest BCUT2D eigenvalue weighted by Crippen LogP contribution is -2.34. The molecular weight excluding hydrogens is 350 g/mol. The first-order valence-electron chi connectivity index (χ1n) is 9.66. The molecule has 0 bridgehead atoms. The van der Waals surface area contributed by atoms with Gasteiger partial charge in [-0.25, -0.2) is 0 Å². The highest BCUT2D eigenvalue weighted by Crippen LogP contribution is 2.40. The van der Waals surface area contributed by atoms with Crippen LogP contribution in [0.5, 0.6) is 0 Å². The summed E-state index contributed by atoms with van der Waals surface area (Å²) in [5.74, 6) is -1.62. The Bertz CT molecular complexity index is 879. The molecule has 146 valence electrons. The molecule has 0 unspecified atom stereocenters.